The van der Waals surface area contributed by atoms with Crippen LogP contribution in [0, 0.1) is 17.6 Å². The van der Waals surface area contributed by atoms with Crippen LogP contribution in [0.15, 0.2) is 30.6 Å². The molecule has 3 N–H and O–H groups in total. The fourth-order valence-electron chi connectivity index (χ4n) is 3.97. The maximum atomic E-state index is 13.2. The number of likely N-dealkylation sites (tertiary alicyclic amines) is 1. The van der Waals surface area contributed by atoms with Crippen molar-refractivity contribution in [2.24, 2.45) is 5.92 Å². The fraction of sp³-hybridized carbons (Fsp3) is 0.526. The van der Waals surface area contributed by atoms with Crippen molar-refractivity contribution in [3.63, 3.8) is 0 Å². The van der Waals surface area contributed by atoms with Gasteiger partial charge in [0.05, 0.1) is 13.2 Å². The summed E-state index contributed by atoms with van der Waals surface area (Å²) < 4.78 is 31.7. The zero-order chi connectivity index (χ0) is 18.6. The van der Waals surface area contributed by atoms with Gasteiger partial charge in [-0.2, -0.15) is 0 Å². The first-order chi connectivity index (χ1) is 13.2. The monoisotopic (exact) mass is 377 g/mol. The van der Waals surface area contributed by atoms with Crippen LogP contribution in [0.4, 0.5) is 8.78 Å². The molecule has 1 aromatic heterocycles. The number of benzene rings is 1. The minimum absolute atomic E-state index is 0.319. The summed E-state index contributed by atoms with van der Waals surface area (Å²) in [7, 11) is 0. The molecule has 2 aromatic rings. The standard InChI is InChI=1S/C19H25F2N5O/c20-16-2-1-15(10-17(16)21)27-8-4-14-9-18(25-24-14)13-3-7-26(11-13)12-19-22-5-6-23-19/h1-2,5-6,10,13-14,18,24-25H,3-4,7-9,11-12H2,(H,22,23). The number of aromatic nitrogens is 2. The first-order valence-electron chi connectivity index (χ1n) is 9.47. The Kier molecular flexibility index (Phi) is 5.66. The Morgan fingerprint density at radius 2 is 2.15 bits per heavy atom. The summed E-state index contributed by atoms with van der Waals surface area (Å²) in [6.07, 6.45) is 6.68. The molecule has 3 unspecified atom stereocenters. The van der Waals surface area contributed by atoms with Crippen molar-refractivity contribution < 1.29 is 13.5 Å². The molecule has 2 aliphatic rings. The molecule has 2 aliphatic heterocycles. The van der Waals surface area contributed by atoms with Gasteiger partial charge in [0.15, 0.2) is 11.6 Å². The number of hydrogen-bond acceptors (Lipinski definition) is 5. The van der Waals surface area contributed by atoms with Crippen LogP contribution in [0.3, 0.4) is 0 Å². The molecule has 4 rings (SSSR count). The van der Waals surface area contributed by atoms with Gasteiger partial charge in [-0.15, -0.1) is 0 Å². The van der Waals surface area contributed by atoms with E-state index in [0.29, 0.717) is 30.4 Å². The molecule has 8 heteroatoms. The van der Waals surface area contributed by atoms with Gasteiger partial charge < -0.3 is 9.72 Å². The van der Waals surface area contributed by atoms with Gasteiger partial charge in [-0.25, -0.2) is 13.8 Å². The molecule has 2 saturated heterocycles. The number of hydrogen-bond donors (Lipinski definition) is 3. The number of halogens is 2. The normalized spacial score (nSPS) is 25.9. The smallest absolute Gasteiger partial charge is 0.162 e. The Bertz CT molecular complexity index is 742. The average molecular weight is 377 g/mol. The van der Waals surface area contributed by atoms with E-state index in [4.69, 9.17) is 4.74 Å². The highest BCUT2D eigenvalue weighted by Gasteiger charge is 2.34. The second kappa shape index (κ2) is 8.33. The molecule has 0 aliphatic carbocycles. The molecule has 0 bridgehead atoms. The maximum absolute atomic E-state index is 13.2. The molecule has 6 nitrogen and oxygen atoms in total. The van der Waals surface area contributed by atoms with Gasteiger partial charge in [0.25, 0.3) is 0 Å². The van der Waals surface area contributed by atoms with Crippen LogP contribution in [0.25, 0.3) is 0 Å². The SMILES string of the molecule is Fc1ccc(OCCC2CC(C3CCN(Cc4ncc[nH]4)C3)NN2)cc1F. The van der Waals surface area contributed by atoms with Crippen molar-refractivity contribution in [1.82, 2.24) is 25.7 Å². The second-order valence-electron chi connectivity index (χ2n) is 7.36. The molecule has 1 aromatic carbocycles. The molecule has 2 fully saturated rings. The highest BCUT2D eigenvalue weighted by Crippen LogP contribution is 2.26. The summed E-state index contributed by atoms with van der Waals surface area (Å²) in [5.74, 6) is 0.254. The van der Waals surface area contributed by atoms with Crippen molar-refractivity contribution >= 4 is 0 Å². The van der Waals surface area contributed by atoms with Crippen LogP contribution < -0.4 is 15.6 Å². The zero-order valence-corrected chi connectivity index (χ0v) is 15.1. The molecule has 0 amide bonds. The van der Waals surface area contributed by atoms with Crippen LogP contribution in [-0.4, -0.2) is 46.6 Å². The zero-order valence-electron chi connectivity index (χ0n) is 15.1. The fourth-order valence-corrected chi connectivity index (χ4v) is 3.97. The average Bonchev–Trinajstić information content (AvgIpc) is 3.40. The van der Waals surface area contributed by atoms with Crippen molar-refractivity contribution in [1.29, 1.82) is 0 Å². The highest BCUT2D eigenvalue weighted by atomic mass is 19.2. The van der Waals surface area contributed by atoms with E-state index >= 15 is 0 Å². The second-order valence-corrected chi connectivity index (χ2v) is 7.36. The Hall–Kier alpha value is -2.03. The quantitative estimate of drug-likeness (QED) is 0.691. The number of imidazole rings is 1. The lowest BCUT2D eigenvalue weighted by molar-refractivity contribution is 0.285. The Balaban J connectivity index is 1.18. The lowest BCUT2D eigenvalue weighted by Crippen LogP contribution is -2.38. The lowest BCUT2D eigenvalue weighted by atomic mass is 9.94. The van der Waals surface area contributed by atoms with Gasteiger partial charge in [-0.1, -0.05) is 0 Å². The summed E-state index contributed by atoms with van der Waals surface area (Å²) in [6.45, 7) is 3.49. The minimum atomic E-state index is -0.881. The third-order valence-corrected chi connectivity index (χ3v) is 5.44. The summed E-state index contributed by atoms with van der Waals surface area (Å²) in [5.41, 5.74) is 6.78. The van der Waals surface area contributed by atoms with Gasteiger partial charge in [-0.3, -0.25) is 15.8 Å². The summed E-state index contributed by atoms with van der Waals surface area (Å²) >= 11 is 0. The number of aromatic amines is 1. The molecule has 0 saturated carbocycles. The topological polar surface area (TPSA) is 65.2 Å². The Morgan fingerprint density at radius 1 is 1.22 bits per heavy atom. The van der Waals surface area contributed by atoms with Crippen molar-refractivity contribution in [3.8, 4) is 5.75 Å². The van der Waals surface area contributed by atoms with Gasteiger partial charge in [0.1, 0.15) is 11.6 Å². The number of nitrogens with zero attached hydrogens (tertiary/aromatic N) is 2. The predicted molar refractivity (Wildman–Crippen MR) is 96.9 cm³/mol. The number of rotatable bonds is 7. The van der Waals surface area contributed by atoms with E-state index in [2.05, 4.69) is 25.7 Å². The third-order valence-electron chi connectivity index (χ3n) is 5.44. The summed E-state index contributed by atoms with van der Waals surface area (Å²) in [4.78, 5) is 9.89. The molecular weight excluding hydrogens is 352 g/mol. The lowest BCUT2D eigenvalue weighted by Gasteiger charge is -2.19. The van der Waals surface area contributed by atoms with E-state index < -0.39 is 11.6 Å². The Labute approximate surface area is 157 Å². The van der Waals surface area contributed by atoms with E-state index in [-0.39, 0.29) is 0 Å². The molecule has 146 valence electrons. The van der Waals surface area contributed by atoms with Crippen LogP contribution in [0.2, 0.25) is 0 Å². The van der Waals surface area contributed by atoms with Gasteiger partial charge in [0, 0.05) is 37.1 Å². The van der Waals surface area contributed by atoms with Gasteiger partial charge in [-0.05, 0) is 43.9 Å². The van der Waals surface area contributed by atoms with Crippen LogP contribution in [0.5, 0.6) is 5.75 Å². The summed E-state index contributed by atoms with van der Waals surface area (Å²) in [5, 5.41) is 0. The molecular formula is C19H25F2N5O. The first-order valence-corrected chi connectivity index (χ1v) is 9.47. The molecule has 3 heterocycles. The van der Waals surface area contributed by atoms with E-state index in [9.17, 15) is 8.78 Å². The molecule has 0 radical (unpaired) electrons. The number of nitrogens with one attached hydrogen (secondary N) is 3. The maximum Gasteiger partial charge on any atom is 0.162 e. The summed E-state index contributed by atoms with van der Waals surface area (Å²) in [6, 6.07) is 4.39. The van der Waals surface area contributed by atoms with Crippen LogP contribution in [0.1, 0.15) is 25.1 Å². The van der Waals surface area contributed by atoms with Crippen LogP contribution in [-0.2, 0) is 6.54 Å². The number of hydrazine groups is 1. The Morgan fingerprint density at radius 3 is 2.96 bits per heavy atom. The first kappa shape index (κ1) is 18.3. The van der Waals surface area contributed by atoms with Crippen molar-refractivity contribution in [3.05, 3.63) is 48.1 Å². The van der Waals surface area contributed by atoms with E-state index in [1.165, 1.54) is 12.5 Å². The van der Waals surface area contributed by atoms with Gasteiger partial charge >= 0.3 is 0 Å². The van der Waals surface area contributed by atoms with E-state index in [1.54, 1.807) is 6.20 Å². The van der Waals surface area contributed by atoms with Crippen LogP contribution >= 0.6 is 0 Å². The van der Waals surface area contributed by atoms with E-state index in [0.717, 1.165) is 50.4 Å². The molecule has 0 spiro atoms. The molecule has 3 atom stereocenters. The highest BCUT2D eigenvalue weighted by molar-refractivity contribution is 5.23. The predicted octanol–water partition coefficient (Wildman–Crippen LogP) is 2.21. The van der Waals surface area contributed by atoms with Crippen molar-refractivity contribution in [2.75, 3.05) is 19.7 Å². The minimum Gasteiger partial charge on any atom is -0.493 e. The largest absolute Gasteiger partial charge is 0.493 e. The number of H-pyrrole nitrogens is 1. The van der Waals surface area contributed by atoms with E-state index in [1.807, 2.05) is 6.20 Å². The molecule has 27 heavy (non-hydrogen) atoms. The van der Waals surface area contributed by atoms with Gasteiger partial charge in [0.2, 0.25) is 0 Å². The number of ether oxygens (including phenoxy) is 1. The van der Waals surface area contributed by atoms with Crippen molar-refractivity contribution in [2.45, 2.75) is 37.9 Å². The third kappa shape index (κ3) is 4.63.